The fraction of sp³-hybridized carbons (Fsp3) is 0.941. The van der Waals surface area contributed by atoms with Crippen LogP contribution in [0.15, 0.2) is 0 Å². The summed E-state index contributed by atoms with van der Waals surface area (Å²) < 4.78 is 0. The number of hydrogen-bond donors (Lipinski definition) is 2. The molecule has 1 aliphatic rings. The number of carbonyl (C=O) groups excluding carboxylic acids is 1. The van der Waals surface area contributed by atoms with Gasteiger partial charge in [0.05, 0.1) is 6.10 Å². The highest BCUT2D eigenvalue weighted by molar-refractivity contribution is 5.75. The minimum atomic E-state index is -0.312. The highest BCUT2D eigenvalue weighted by Gasteiger charge is 2.21. The predicted molar refractivity (Wildman–Crippen MR) is 83.5 cm³/mol. The van der Waals surface area contributed by atoms with E-state index in [0.717, 1.165) is 18.8 Å². The lowest BCUT2D eigenvalue weighted by Crippen LogP contribution is -2.35. The van der Waals surface area contributed by atoms with Gasteiger partial charge in [-0.1, -0.05) is 46.0 Å². The predicted octanol–water partition coefficient (Wildman–Crippen LogP) is 3.65. The molecule has 0 radical (unpaired) electrons. The standard InChI is InChI=1S/C17H33NO2/c1-14(19)12-17(2,3)13-18-16(20)11-7-10-15-8-5-4-6-9-15/h14-15,19H,4-13H2,1-3H3,(H,18,20). The van der Waals surface area contributed by atoms with Crippen LogP contribution in [0.1, 0.15) is 78.6 Å². The molecule has 2 N–H and O–H groups in total. The third-order valence-corrected chi connectivity index (χ3v) is 4.35. The number of amides is 1. The van der Waals surface area contributed by atoms with E-state index in [0.29, 0.717) is 13.0 Å². The number of aliphatic hydroxyl groups is 1. The summed E-state index contributed by atoms with van der Waals surface area (Å²) in [6.45, 7) is 6.62. The Balaban J connectivity index is 2.10. The SMILES string of the molecule is CC(O)CC(C)(C)CNC(=O)CCCC1CCCCC1. The van der Waals surface area contributed by atoms with Crippen LogP contribution >= 0.6 is 0 Å². The third kappa shape index (κ3) is 7.88. The molecule has 1 aliphatic carbocycles. The molecule has 0 spiro atoms. The number of rotatable bonds is 8. The van der Waals surface area contributed by atoms with Crippen molar-refractivity contribution in [2.75, 3.05) is 6.54 Å². The van der Waals surface area contributed by atoms with Crippen LogP contribution in [0.3, 0.4) is 0 Å². The van der Waals surface area contributed by atoms with Gasteiger partial charge in [-0.05, 0) is 37.5 Å². The highest BCUT2D eigenvalue weighted by atomic mass is 16.3. The Labute approximate surface area is 124 Å². The van der Waals surface area contributed by atoms with Crippen molar-refractivity contribution in [3.63, 3.8) is 0 Å². The molecule has 0 aromatic carbocycles. The maximum atomic E-state index is 11.8. The highest BCUT2D eigenvalue weighted by Crippen LogP contribution is 2.27. The van der Waals surface area contributed by atoms with Crippen LogP contribution in [-0.2, 0) is 4.79 Å². The maximum Gasteiger partial charge on any atom is 0.220 e. The maximum absolute atomic E-state index is 11.8. The van der Waals surface area contributed by atoms with Gasteiger partial charge in [-0.25, -0.2) is 0 Å². The lowest BCUT2D eigenvalue weighted by atomic mass is 9.85. The molecule has 1 unspecified atom stereocenters. The van der Waals surface area contributed by atoms with Crippen molar-refractivity contribution in [1.82, 2.24) is 5.32 Å². The fourth-order valence-corrected chi connectivity index (χ4v) is 3.33. The van der Waals surface area contributed by atoms with Gasteiger partial charge in [0.25, 0.3) is 0 Å². The van der Waals surface area contributed by atoms with E-state index in [9.17, 15) is 9.90 Å². The summed E-state index contributed by atoms with van der Waals surface area (Å²) in [6, 6.07) is 0. The average molecular weight is 283 g/mol. The molecule has 1 saturated carbocycles. The van der Waals surface area contributed by atoms with Crippen LogP contribution in [0, 0.1) is 11.3 Å². The van der Waals surface area contributed by atoms with Gasteiger partial charge >= 0.3 is 0 Å². The van der Waals surface area contributed by atoms with E-state index >= 15 is 0 Å². The third-order valence-electron chi connectivity index (χ3n) is 4.35. The zero-order valence-electron chi connectivity index (χ0n) is 13.6. The number of carbonyl (C=O) groups is 1. The van der Waals surface area contributed by atoms with Gasteiger partial charge in [-0.3, -0.25) is 4.79 Å². The number of aliphatic hydroxyl groups excluding tert-OH is 1. The van der Waals surface area contributed by atoms with Crippen LogP contribution in [0.5, 0.6) is 0 Å². The fourth-order valence-electron chi connectivity index (χ4n) is 3.33. The van der Waals surface area contributed by atoms with E-state index in [1.807, 2.05) is 0 Å². The summed E-state index contributed by atoms with van der Waals surface area (Å²) in [6.07, 6.45) is 10.2. The smallest absolute Gasteiger partial charge is 0.220 e. The first kappa shape index (κ1) is 17.5. The van der Waals surface area contributed by atoms with Crippen LogP contribution in [0.4, 0.5) is 0 Å². The minimum absolute atomic E-state index is 0.0345. The Morgan fingerprint density at radius 1 is 1.30 bits per heavy atom. The average Bonchev–Trinajstić information content (AvgIpc) is 2.36. The first-order valence-electron chi connectivity index (χ1n) is 8.34. The molecule has 3 nitrogen and oxygen atoms in total. The van der Waals surface area contributed by atoms with Crippen molar-refractivity contribution in [3.8, 4) is 0 Å². The van der Waals surface area contributed by atoms with Crippen molar-refractivity contribution in [1.29, 1.82) is 0 Å². The Hall–Kier alpha value is -0.570. The lowest BCUT2D eigenvalue weighted by Gasteiger charge is -2.26. The van der Waals surface area contributed by atoms with E-state index in [1.54, 1.807) is 6.92 Å². The summed E-state index contributed by atoms with van der Waals surface area (Å²) in [7, 11) is 0. The van der Waals surface area contributed by atoms with Crippen molar-refractivity contribution in [3.05, 3.63) is 0 Å². The van der Waals surface area contributed by atoms with E-state index < -0.39 is 0 Å². The first-order valence-corrected chi connectivity index (χ1v) is 8.34. The van der Waals surface area contributed by atoms with Gasteiger partial charge in [-0.15, -0.1) is 0 Å². The van der Waals surface area contributed by atoms with Gasteiger partial charge in [0.2, 0.25) is 5.91 Å². The molecule has 0 aromatic heterocycles. The summed E-state index contributed by atoms with van der Waals surface area (Å²) in [5.74, 6) is 1.03. The number of hydrogen-bond acceptors (Lipinski definition) is 2. The van der Waals surface area contributed by atoms with E-state index in [-0.39, 0.29) is 17.4 Å². The lowest BCUT2D eigenvalue weighted by molar-refractivity contribution is -0.121. The van der Waals surface area contributed by atoms with Crippen LogP contribution in [0.2, 0.25) is 0 Å². The van der Waals surface area contributed by atoms with Crippen LogP contribution < -0.4 is 5.32 Å². The summed E-state index contributed by atoms with van der Waals surface area (Å²) in [5, 5.41) is 12.4. The van der Waals surface area contributed by atoms with Crippen molar-refractivity contribution in [2.24, 2.45) is 11.3 Å². The Morgan fingerprint density at radius 2 is 1.95 bits per heavy atom. The normalized spacial score (nSPS) is 18.8. The summed E-state index contributed by atoms with van der Waals surface area (Å²) in [4.78, 5) is 11.8. The van der Waals surface area contributed by atoms with E-state index in [1.165, 1.54) is 38.5 Å². The van der Waals surface area contributed by atoms with Crippen molar-refractivity contribution in [2.45, 2.75) is 84.7 Å². The molecule has 0 aromatic rings. The number of nitrogens with one attached hydrogen (secondary N) is 1. The molecule has 1 atom stereocenters. The van der Waals surface area contributed by atoms with E-state index in [2.05, 4.69) is 19.2 Å². The second-order valence-electron chi connectivity index (χ2n) is 7.39. The monoisotopic (exact) mass is 283 g/mol. The zero-order valence-corrected chi connectivity index (χ0v) is 13.6. The van der Waals surface area contributed by atoms with E-state index in [4.69, 9.17) is 0 Å². The Morgan fingerprint density at radius 3 is 2.55 bits per heavy atom. The van der Waals surface area contributed by atoms with Crippen molar-refractivity contribution < 1.29 is 9.90 Å². The Kier molecular flexibility index (Phi) is 7.57. The molecule has 1 fully saturated rings. The molecule has 3 heteroatoms. The molecule has 0 saturated heterocycles. The molecule has 118 valence electrons. The molecular weight excluding hydrogens is 250 g/mol. The molecule has 20 heavy (non-hydrogen) atoms. The van der Waals surface area contributed by atoms with Gasteiger partial charge in [0, 0.05) is 13.0 Å². The Bertz CT molecular complexity index is 281. The van der Waals surface area contributed by atoms with Crippen LogP contribution in [0.25, 0.3) is 0 Å². The quantitative estimate of drug-likeness (QED) is 0.714. The van der Waals surface area contributed by atoms with Gasteiger partial charge in [-0.2, -0.15) is 0 Å². The molecule has 0 aliphatic heterocycles. The molecular formula is C17H33NO2. The van der Waals surface area contributed by atoms with Crippen LogP contribution in [-0.4, -0.2) is 23.7 Å². The molecule has 0 bridgehead atoms. The van der Waals surface area contributed by atoms with Gasteiger partial charge in [0.15, 0.2) is 0 Å². The van der Waals surface area contributed by atoms with Gasteiger partial charge < -0.3 is 10.4 Å². The summed E-state index contributed by atoms with van der Waals surface area (Å²) in [5.41, 5.74) is -0.0345. The van der Waals surface area contributed by atoms with Crippen molar-refractivity contribution >= 4 is 5.91 Å². The molecule has 1 rings (SSSR count). The van der Waals surface area contributed by atoms with Gasteiger partial charge in [0.1, 0.15) is 0 Å². The molecule has 1 amide bonds. The minimum Gasteiger partial charge on any atom is -0.393 e. The second-order valence-corrected chi connectivity index (χ2v) is 7.39. The second kappa shape index (κ2) is 8.66. The molecule has 0 heterocycles. The largest absolute Gasteiger partial charge is 0.393 e. The summed E-state index contributed by atoms with van der Waals surface area (Å²) >= 11 is 0. The first-order chi connectivity index (χ1) is 9.39. The topological polar surface area (TPSA) is 49.3 Å². The zero-order chi connectivity index (χ0) is 15.0.